The van der Waals surface area contributed by atoms with Gasteiger partial charge in [0.25, 0.3) is 5.91 Å². The Labute approximate surface area is 113 Å². The third-order valence-electron chi connectivity index (χ3n) is 2.97. The number of hydrogen-bond acceptors (Lipinski definition) is 3. The van der Waals surface area contributed by atoms with Crippen LogP contribution < -0.4 is 11.0 Å². The predicted octanol–water partition coefficient (Wildman–Crippen LogP) is 1.18. The molecule has 0 aliphatic heterocycles. The van der Waals surface area contributed by atoms with Gasteiger partial charge in [0.15, 0.2) is 0 Å². The summed E-state index contributed by atoms with van der Waals surface area (Å²) in [6.45, 7) is 0.387. The number of H-pyrrole nitrogens is 2. The number of para-hydroxylation sites is 1. The highest BCUT2D eigenvalue weighted by Crippen LogP contribution is 2.13. The maximum atomic E-state index is 12.2. The minimum atomic E-state index is -0.326. The second-order valence-electron chi connectivity index (χ2n) is 4.35. The Kier molecular flexibility index (Phi) is 3.04. The molecule has 0 saturated carbocycles. The summed E-state index contributed by atoms with van der Waals surface area (Å²) in [5, 5.41) is 2.80. The van der Waals surface area contributed by atoms with Gasteiger partial charge in [-0.25, -0.2) is 4.79 Å². The van der Waals surface area contributed by atoms with Crippen LogP contribution >= 0.6 is 0 Å². The number of hydrogen-bond donors (Lipinski definition) is 3. The number of benzene rings is 1. The van der Waals surface area contributed by atoms with Crippen LogP contribution in [0.4, 0.5) is 0 Å². The number of nitrogens with one attached hydrogen (secondary N) is 3. The van der Waals surface area contributed by atoms with Gasteiger partial charge < -0.3 is 15.3 Å². The van der Waals surface area contributed by atoms with E-state index in [1.54, 1.807) is 30.6 Å². The first-order chi connectivity index (χ1) is 9.74. The summed E-state index contributed by atoms with van der Waals surface area (Å²) in [6.07, 6.45) is 3.37. The number of rotatable bonds is 3. The van der Waals surface area contributed by atoms with E-state index in [9.17, 15) is 9.59 Å². The third-order valence-corrected chi connectivity index (χ3v) is 2.97. The van der Waals surface area contributed by atoms with E-state index in [0.29, 0.717) is 23.1 Å². The molecule has 0 fully saturated rings. The number of aromatic nitrogens is 3. The molecule has 100 valence electrons. The van der Waals surface area contributed by atoms with Crippen molar-refractivity contribution in [1.82, 2.24) is 20.3 Å². The largest absolute Gasteiger partial charge is 0.348 e. The average Bonchev–Trinajstić information content (AvgIpc) is 2.85. The van der Waals surface area contributed by atoms with Gasteiger partial charge in [-0.15, -0.1) is 0 Å². The van der Waals surface area contributed by atoms with Crippen molar-refractivity contribution in [3.63, 3.8) is 0 Å². The van der Waals surface area contributed by atoms with Crippen LogP contribution in [0.3, 0.4) is 0 Å². The zero-order chi connectivity index (χ0) is 13.9. The van der Waals surface area contributed by atoms with Crippen molar-refractivity contribution in [1.29, 1.82) is 0 Å². The maximum absolute atomic E-state index is 12.2. The lowest BCUT2D eigenvalue weighted by molar-refractivity contribution is 0.0952. The van der Waals surface area contributed by atoms with Crippen molar-refractivity contribution in [2.24, 2.45) is 0 Å². The molecule has 0 spiro atoms. The molecule has 6 heteroatoms. The minimum Gasteiger partial charge on any atom is -0.348 e. The Balaban J connectivity index is 1.84. The van der Waals surface area contributed by atoms with E-state index in [-0.39, 0.29) is 11.6 Å². The molecule has 6 nitrogen and oxygen atoms in total. The van der Waals surface area contributed by atoms with Gasteiger partial charge in [0.05, 0.1) is 16.6 Å². The van der Waals surface area contributed by atoms with E-state index < -0.39 is 0 Å². The Bertz CT molecular complexity index is 805. The van der Waals surface area contributed by atoms with Crippen LogP contribution in [0.15, 0.2) is 47.5 Å². The van der Waals surface area contributed by atoms with Crippen molar-refractivity contribution in [3.8, 4) is 0 Å². The fourth-order valence-corrected chi connectivity index (χ4v) is 2.03. The highest BCUT2D eigenvalue weighted by molar-refractivity contribution is 6.04. The van der Waals surface area contributed by atoms with Crippen molar-refractivity contribution in [2.45, 2.75) is 6.54 Å². The van der Waals surface area contributed by atoms with Crippen LogP contribution in [0.2, 0.25) is 0 Å². The predicted molar refractivity (Wildman–Crippen MR) is 74.3 cm³/mol. The molecule has 1 amide bonds. The first kappa shape index (κ1) is 12.2. The van der Waals surface area contributed by atoms with Crippen molar-refractivity contribution >= 4 is 16.9 Å². The van der Waals surface area contributed by atoms with Crippen LogP contribution in [0, 0.1) is 0 Å². The van der Waals surface area contributed by atoms with E-state index >= 15 is 0 Å². The number of imidazole rings is 1. The van der Waals surface area contributed by atoms with Crippen molar-refractivity contribution in [2.75, 3.05) is 0 Å². The topological polar surface area (TPSA) is 90.6 Å². The number of amides is 1. The van der Waals surface area contributed by atoms with Gasteiger partial charge in [-0.2, -0.15) is 0 Å². The molecule has 0 unspecified atom stereocenters. The molecule has 3 aromatic rings. The number of pyridine rings is 1. The molecule has 0 atom stereocenters. The molecule has 0 bridgehead atoms. The number of carbonyl (C=O) groups is 1. The first-order valence-corrected chi connectivity index (χ1v) is 6.12. The fraction of sp³-hybridized carbons (Fsp3) is 0.0714. The summed E-state index contributed by atoms with van der Waals surface area (Å²) in [6, 6.07) is 8.83. The summed E-state index contributed by atoms with van der Waals surface area (Å²) in [5.74, 6) is -0.241. The summed E-state index contributed by atoms with van der Waals surface area (Å²) in [4.78, 5) is 32.7. The highest BCUT2D eigenvalue weighted by Gasteiger charge is 2.11. The second kappa shape index (κ2) is 5.00. The highest BCUT2D eigenvalue weighted by atomic mass is 16.2. The molecule has 1 aromatic carbocycles. The van der Waals surface area contributed by atoms with Crippen LogP contribution in [-0.4, -0.2) is 20.9 Å². The van der Waals surface area contributed by atoms with Gasteiger partial charge in [0.2, 0.25) is 0 Å². The Morgan fingerprint density at radius 2 is 2.10 bits per heavy atom. The zero-order valence-electron chi connectivity index (χ0n) is 10.5. The van der Waals surface area contributed by atoms with Crippen LogP contribution in [-0.2, 0) is 6.54 Å². The van der Waals surface area contributed by atoms with E-state index in [1.807, 2.05) is 12.1 Å². The molecule has 0 aliphatic carbocycles. The first-order valence-electron chi connectivity index (χ1n) is 6.12. The number of carbonyl (C=O) groups excluding carboxylic acids is 1. The van der Waals surface area contributed by atoms with Gasteiger partial charge >= 0.3 is 5.69 Å². The molecule has 3 rings (SSSR count). The summed E-state index contributed by atoms with van der Waals surface area (Å²) >= 11 is 0. The maximum Gasteiger partial charge on any atom is 0.323 e. The molecule has 0 radical (unpaired) electrons. The summed E-state index contributed by atoms with van der Waals surface area (Å²) in [5.41, 5.74) is 2.15. The van der Waals surface area contributed by atoms with E-state index in [4.69, 9.17) is 0 Å². The molecule has 2 aromatic heterocycles. The quantitative estimate of drug-likeness (QED) is 0.666. The number of fused-ring (bicyclic) bond motifs is 1. The van der Waals surface area contributed by atoms with E-state index in [0.717, 1.165) is 5.56 Å². The zero-order valence-corrected chi connectivity index (χ0v) is 10.5. The third kappa shape index (κ3) is 2.31. The smallest absolute Gasteiger partial charge is 0.323 e. The van der Waals surface area contributed by atoms with E-state index in [1.165, 1.54) is 0 Å². The molecular weight excluding hydrogens is 256 g/mol. The van der Waals surface area contributed by atoms with Crippen molar-refractivity contribution in [3.05, 3.63) is 64.3 Å². The van der Waals surface area contributed by atoms with Gasteiger partial charge in [0.1, 0.15) is 0 Å². The molecule has 2 heterocycles. The lowest BCUT2D eigenvalue weighted by Gasteiger charge is -2.05. The molecular formula is C14H12N4O2. The summed E-state index contributed by atoms with van der Waals surface area (Å²) in [7, 11) is 0. The second-order valence-corrected chi connectivity index (χ2v) is 4.35. The van der Waals surface area contributed by atoms with E-state index in [2.05, 4.69) is 20.3 Å². The standard InChI is InChI=1S/C14H12N4O2/c19-13(16-8-9-3-2-6-15-7-9)10-4-1-5-11-12(10)18-14(20)17-11/h1-7H,8H2,(H,16,19)(H2,17,18,20). The Morgan fingerprint density at radius 3 is 2.90 bits per heavy atom. The molecule has 0 saturated heterocycles. The Morgan fingerprint density at radius 1 is 1.20 bits per heavy atom. The summed E-state index contributed by atoms with van der Waals surface area (Å²) < 4.78 is 0. The Hall–Kier alpha value is -2.89. The van der Waals surface area contributed by atoms with Crippen LogP contribution in [0.5, 0.6) is 0 Å². The average molecular weight is 268 g/mol. The van der Waals surface area contributed by atoms with Gasteiger partial charge in [0, 0.05) is 18.9 Å². The van der Waals surface area contributed by atoms with Crippen LogP contribution in [0.1, 0.15) is 15.9 Å². The van der Waals surface area contributed by atoms with Gasteiger partial charge in [-0.05, 0) is 23.8 Å². The van der Waals surface area contributed by atoms with Gasteiger partial charge in [-0.3, -0.25) is 9.78 Å². The van der Waals surface area contributed by atoms with Gasteiger partial charge in [-0.1, -0.05) is 12.1 Å². The lowest BCUT2D eigenvalue weighted by atomic mass is 10.1. The molecule has 0 aliphatic rings. The SMILES string of the molecule is O=C(NCc1cccnc1)c1cccc2[nH]c(=O)[nH]c12. The lowest BCUT2D eigenvalue weighted by Crippen LogP contribution is -2.23. The minimum absolute atomic E-state index is 0.241. The number of aromatic amines is 2. The monoisotopic (exact) mass is 268 g/mol. The van der Waals surface area contributed by atoms with Crippen molar-refractivity contribution < 1.29 is 4.79 Å². The van der Waals surface area contributed by atoms with Crippen LogP contribution in [0.25, 0.3) is 11.0 Å². The number of nitrogens with zero attached hydrogens (tertiary/aromatic N) is 1. The normalized spacial score (nSPS) is 10.6. The molecule has 3 N–H and O–H groups in total. The molecule has 20 heavy (non-hydrogen) atoms. The fourth-order valence-electron chi connectivity index (χ4n) is 2.03.